The van der Waals surface area contributed by atoms with Crippen molar-refractivity contribution in [3.8, 4) is 0 Å². The van der Waals surface area contributed by atoms with Gasteiger partial charge in [-0.3, -0.25) is 14.5 Å². The number of Topliss-reactive ketones (excluding diaryl/α,β-unsaturated/α-hetero) is 1. The van der Waals surface area contributed by atoms with Crippen molar-refractivity contribution in [3.63, 3.8) is 0 Å². The van der Waals surface area contributed by atoms with Crippen molar-refractivity contribution in [1.29, 1.82) is 0 Å². The van der Waals surface area contributed by atoms with Gasteiger partial charge in [-0.1, -0.05) is 19.8 Å². The highest BCUT2D eigenvalue weighted by Gasteiger charge is 2.56. The Hall–Kier alpha value is -1.79. The number of pyridine rings is 1. The van der Waals surface area contributed by atoms with E-state index in [2.05, 4.69) is 17.0 Å². The summed E-state index contributed by atoms with van der Waals surface area (Å²) < 4.78 is 7.02. The predicted octanol–water partition coefficient (Wildman–Crippen LogP) is 5.04. The molecule has 0 saturated heterocycles. The number of rotatable bonds is 8. The van der Waals surface area contributed by atoms with Crippen molar-refractivity contribution in [3.05, 3.63) is 24.5 Å². The number of methoxy groups -OCH3 is 1. The third-order valence-corrected chi connectivity index (χ3v) is 9.75. The van der Waals surface area contributed by atoms with Crippen LogP contribution < -0.4 is 0 Å². The summed E-state index contributed by atoms with van der Waals surface area (Å²) in [6.45, 7) is 5.08. The van der Waals surface area contributed by atoms with Gasteiger partial charge in [0.1, 0.15) is 11.0 Å². The topological polar surface area (TPSA) is 77.2 Å². The maximum absolute atomic E-state index is 13.5. The van der Waals surface area contributed by atoms with Crippen molar-refractivity contribution in [2.45, 2.75) is 83.8 Å². The van der Waals surface area contributed by atoms with Crippen molar-refractivity contribution >= 4 is 16.8 Å². The Bertz CT molecular complexity index is 984. The molecule has 0 spiro atoms. The molecule has 0 amide bonds. The summed E-state index contributed by atoms with van der Waals surface area (Å²) in [6.07, 6.45) is 14.1. The Labute approximate surface area is 203 Å². The summed E-state index contributed by atoms with van der Waals surface area (Å²) in [6, 6.07) is 3.84. The van der Waals surface area contributed by atoms with E-state index in [1.165, 1.54) is 32.1 Å². The molecule has 0 radical (unpaired) electrons. The van der Waals surface area contributed by atoms with Crippen molar-refractivity contribution in [2.75, 3.05) is 13.7 Å². The third kappa shape index (κ3) is 4.44. The Morgan fingerprint density at radius 2 is 2.09 bits per heavy atom. The Morgan fingerprint density at radius 3 is 2.88 bits per heavy atom. The second-order valence-electron chi connectivity index (χ2n) is 12.0. The summed E-state index contributed by atoms with van der Waals surface area (Å²) in [5.41, 5.74) is 1.09. The van der Waals surface area contributed by atoms with E-state index in [-0.39, 0.29) is 11.3 Å². The Balaban J connectivity index is 1.26. The van der Waals surface area contributed by atoms with Crippen LogP contribution in [0.4, 0.5) is 0 Å². The zero-order chi connectivity index (χ0) is 23.9. The van der Waals surface area contributed by atoms with Crippen LogP contribution in [0.2, 0.25) is 0 Å². The van der Waals surface area contributed by atoms with Crippen LogP contribution in [0, 0.1) is 35.0 Å². The molecule has 3 aliphatic carbocycles. The van der Waals surface area contributed by atoms with Crippen molar-refractivity contribution in [1.82, 2.24) is 14.8 Å². The number of ether oxygens (including phenoxy) is 1. The second kappa shape index (κ2) is 9.34. The zero-order valence-corrected chi connectivity index (χ0v) is 21.1. The van der Waals surface area contributed by atoms with Gasteiger partial charge in [0.05, 0.1) is 24.9 Å². The maximum Gasteiger partial charge on any atom is 0.157 e. The van der Waals surface area contributed by atoms with E-state index in [9.17, 15) is 9.90 Å². The van der Waals surface area contributed by atoms with E-state index in [1.54, 1.807) is 18.0 Å². The molecule has 2 aromatic heterocycles. The number of carbonyl (C=O) groups excluding carboxylic acids is 1. The van der Waals surface area contributed by atoms with Gasteiger partial charge in [-0.2, -0.15) is 5.10 Å². The molecule has 6 nitrogen and oxygen atoms in total. The smallest absolute Gasteiger partial charge is 0.157 e. The zero-order valence-electron chi connectivity index (χ0n) is 21.1. The lowest BCUT2D eigenvalue weighted by atomic mass is 9.52. The predicted molar refractivity (Wildman–Crippen MR) is 132 cm³/mol. The fourth-order valence-corrected chi connectivity index (χ4v) is 8.17. The van der Waals surface area contributed by atoms with Gasteiger partial charge < -0.3 is 9.84 Å². The molecular weight excluding hydrogens is 426 g/mol. The molecule has 2 aromatic rings. The molecule has 7 atom stereocenters. The summed E-state index contributed by atoms with van der Waals surface area (Å²) in [5.74, 6) is 3.33. The molecule has 5 rings (SSSR count). The molecule has 3 aliphatic rings. The van der Waals surface area contributed by atoms with Crippen molar-refractivity contribution < 1.29 is 14.6 Å². The molecular formula is C28H41N3O3. The van der Waals surface area contributed by atoms with Crippen LogP contribution in [0.15, 0.2) is 24.5 Å². The van der Waals surface area contributed by atoms with Gasteiger partial charge >= 0.3 is 0 Å². The Morgan fingerprint density at radius 1 is 1.24 bits per heavy atom. The monoisotopic (exact) mass is 467 g/mol. The molecule has 3 fully saturated rings. The number of nitrogens with zero attached hydrogens (tertiary/aromatic N) is 3. The van der Waals surface area contributed by atoms with Crippen LogP contribution in [-0.2, 0) is 16.1 Å². The SMILES string of the molecule is COCC(C)(O)CCC1CCCC2C1CCC1(C)C(C(=O)Cn3cc4ncccc4n3)CCC21. The molecule has 0 aliphatic heterocycles. The van der Waals surface area contributed by atoms with Gasteiger partial charge in [-0.15, -0.1) is 0 Å². The van der Waals surface area contributed by atoms with Crippen molar-refractivity contribution in [2.24, 2.45) is 35.0 Å². The van der Waals surface area contributed by atoms with Crippen LogP contribution in [0.5, 0.6) is 0 Å². The first kappa shape index (κ1) is 23.9. The first-order valence-electron chi connectivity index (χ1n) is 13.3. The van der Waals surface area contributed by atoms with E-state index in [0.717, 1.165) is 48.6 Å². The average molecular weight is 468 g/mol. The summed E-state index contributed by atoms with van der Waals surface area (Å²) in [5, 5.41) is 15.2. The van der Waals surface area contributed by atoms with E-state index < -0.39 is 5.60 Å². The lowest BCUT2D eigenvalue weighted by Crippen LogP contribution is -2.47. The number of aliphatic hydroxyl groups is 1. The van der Waals surface area contributed by atoms with Gasteiger partial charge in [0.15, 0.2) is 5.78 Å². The highest BCUT2D eigenvalue weighted by molar-refractivity contribution is 5.82. The van der Waals surface area contributed by atoms with E-state index in [0.29, 0.717) is 30.8 Å². The summed E-state index contributed by atoms with van der Waals surface area (Å²) >= 11 is 0. The van der Waals surface area contributed by atoms with E-state index in [1.807, 2.05) is 25.3 Å². The molecule has 34 heavy (non-hydrogen) atoms. The molecule has 0 bridgehead atoms. The molecule has 2 heterocycles. The van der Waals surface area contributed by atoms with Crippen LogP contribution in [0.25, 0.3) is 11.0 Å². The first-order valence-corrected chi connectivity index (χ1v) is 13.3. The third-order valence-electron chi connectivity index (χ3n) is 9.75. The van der Waals surface area contributed by atoms with E-state index >= 15 is 0 Å². The van der Waals surface area contributed by atoms with Crippen LogP contribution in [0.1, 0.15) is 71.6 Å². The number of ketones is 1. The second-order valence-corrected chi connectivity index (χ2v) is 12.0. The molecule has 7 unspecified atom stereocenters. The fourth-order valence-electron chi connectivity index (χ4n) is 8.17. The fraction of sp³-hybridized carbons (Fsp3) is 0.750. The highest BCUT2D eigenvalue weighted by atomic mass is 16.5. The summed E-state index contributed by atoms with van der Waals surface area (Å²) in [7, 11) is 1.66. The lowest BCUT2D eigenvalue weighted by molar-refractivity contribution is -0.130. The molecule has 3 saturated carbocycles. The quantitative estimate of drug-likeness (QED) is 0.589. The number of carbonyl (C=O) groups is 1. The van der Waals surface area contributed by atoms with Gasteiger partial charge in [-0.25, -0.2) is 0 Å². The lowest BCUT2D eigenvalue weighted by Gasteiger charge is -2.53. The average Bonchev–Trinajstić information content (AvgIpc) is 3.37. The van der Waals surface area contributed by atoms with Gasteiger partial charge in [-0.05, 0) is 93.1 Å². The van der Waals surface area contributed by atoms with Gasteiger partial charge in [0.2, 0.25) is 0 Å². The number of hydrogen-bond donors (Lipinski definition) is 1. The minimum Gasteiger partial charge on any atom is -0.388 e. The maximum atomic E-state index is 13.5. The minimum absolute atomic E-state index is 0.118. The standard InChI is InChI=1S/C28H41N3O3/c1-27(33,18-34-3)13-11-19-6-4-7-21-20(19)12-14-28(2)22(21)9-10-23(28)26(32)17-31-16-25-24(30-31)8-5-15-29-25/h5,8,15-16,19-23,33H,4,6-7,9-14,17-18H2,1-3H3. The van der Waals surface area contributed by atoms with Crippen LogP contribution in [-0.4, -0.2) is 45.0 Å². The van der Waals surface area contributed by atoms with Gasteiger partial charge in [0.25, 0.3) is 0 Å². The number of fused-ring (bicyclic) bond motifs is 4. The largest absolute Gasteiger partial charge is 0.388 e. The molecule has 186 valence electrons. The normalized spacial score (nSPS) is 35.0. The Kier molecular flexibility index (Phi) is 6.58. The highest BCUT2D eigenvalue weighted by Crippen LogP contribution is 2.63. The van der Waals surface area contributed by atoms with Crippen LogP contribution in [0.3, 0.4) is 0 Å². The minimum atomic E-state index is -0.734. The number of hydrogen-bond acceptors (Lipinski definition) is 5. The number of aromatic nitrogens is 3. The summed E-state index contributed by atoms with van der Waals surface area (Å²) in [4.78, 5) is 17.9. The molecule has 0 aromatic carbocycles. The van der Waals surface area contributed by atoms with Crippen LogP contribution >= 0.6 is 0 Å². The molecule has 1 N–H and O–H groups in total. The first-order chi connectivity index (χ1) is 16.3. The van der Waals surface area contributed by atoms with E-state index in [4.69, 9.17) is 4.74 Å². The molecule has 6 heteroatoms. The van der Waals surface area contributed by atoms with Gasteiger partial charge in [0, 0.05) is 19.2 Å².